The summed E-state index contributed by atoms with van der Waals surface area (Å²) in [6.07, 6.45) is 0. The molecule has 0 spiro atoms. The van der Waals surface area contributed by atoms with Gasteiger partial charge in [0.2, 0.25) is 0 Å². The van der Waals surface area contributed by atoms with Crippen molar-refractivity contribution >= 4 is 11.6 Å². The fourth-order valence-corrected chi connectivity index (χ4v) is 0.531. The molecule has 0 saturated heterocycles. The first-order chi connectivity index (χ1) is 4.72. The second-order valence-electron chi connectivity index (χ2n) is 1.41. The Morgan fingerprint density at radius 3 is 2.20 bits per heavy atom. The van der Waals surface area contributed by atoms with E-state index in [9.17, 15) is 4.39 Å². The Kier molecular flexibility index (Phi) is 5.12. The zero-order chi connectivity index (χ0) is 7.98. The van der Waals surface area contributed by atoms with Gasteiger partial charge in [-0.2, -0.15) is 4.39 Å². The predicted molar refractivity (Wildman–Crippen MR) is 37.2 cm³/mol. The van der Waals surface area contributed by atoms with Crippen molar-refractivity contribution in [3.05, 3.63) is 11.2 Å². The quantitative estimate of drug-likeness (QED) is 0.601. The summed E-state index contributed by atoms with van der Waals surface area (Å²) in [7, 11) is 0. The van der Waals surface area contributed by atoms with Crippen molar-refractivity contribution in [3.8, 4) is 0 Å². The van der Waals surface area contributed by atoms with E-state index in [4.69, 9.17) is 11.6 Å². The van der Waals surface area contributed by atoms with Crippen LogP contribution in [0.1, 0.15) is 13.8 Å². The molecular formula is C6H10ClFO2. The van der Waals surface area contributed by atoms with Crippen molar-refractivity contribution in [2.24, 2.45) is 0 Å². The SMILES string of the molecule is CCO/C(F)=C(/Cl)OCC. The van der Waals surface area contributed by atoms with Gasteiger partial charge in [0.1, 0.15) is 0 Å². The van der Waals surface area contributed by atoms with Crippen LogP contribution < -0.4 is 0 Å². The maximum Gasteiger partial charge on any atom is 0.328 e. The second kappa shape index (κ2) is 5.35. The van der Waals surface area contributed by atoms with Gasteiger partial charge in [0.15, 0.2) is 0 Å². The van der Waals surface area contributed by atoms with E-state index in [0.717, 1.165) is 0 Å². The molecule has 10 heavy (non-hydrogen) atoms. The van der Waals surface area contributed by atoms with Crippen LogP contribution in [0, 0.1) is 0 Å². The van der Waals surface area contributed by atoms with E-state index < -0.39 is 6.01 Å². The minimum atomic E-state index is -0.856. The first kappa shape index (κ1) is 9.56. The predicted octanol–water partition coefficient (Wildman–Crippen LogP) is 2.39. The lowest BCUT2D eigenvalue weighted by atomic mass is 10.8. The number of hydrogen-bond acceptors (Lipinski definition) is 2. The maximum absolute atomic E-state index is 12.4. The molecule has 0 rings (SSSR count). The molecule has 0 amide bonds. The van der Waals surface area contributed by atoms with Crippen LogP contribution in [-0.2, 0) is 9.47 Å². The lowest BCUT2D eigenvalue weighted by Crippen LogP contribution is -1.92. The Labute approximate surface area is 64.6 Å². The first-order valence-electron chi connectivity index (χ1n) is 3.03. The van der Waals surface area contributed by atoms with Crippen molar-refractivity contribution in [1.82, 2.24) is 0 Å². The zero-order valence-corrected chi connectivity index (χ0v) is 6.74. The second-order valence-corrected chi connectivity index (χ2v) is 1.76. The summed E-state index contributed by atoms with van der Waals surface area (Å²) in [6.45, 7) is 3.95. The molecular weight excluding hydrogens is 159 g/mol. The molecule has 0 aliphatic heterocycles. The number of hydrogen-bond donors (Lipinski definition) is 0. The monoisotopic (exact) mass is 168 g/mol. The van der Waals surface area contributed by atoms with Gasteiger partial charge in [0.25, 0.3) is 5.22 Å². The van der Waals surface area contributed by atoms with E-state index in [1.807, 2.05) is 0 Å². The summed E-state index contributed by atoms with van der Waals surface area (Å²) in [5, 5.41) is -0.315. The van der Waals surface area contributed by atoms with E-state index in [-0.39, 0.29) is 11.8 Å². The van der Waals surface area contributed by atoms with Crippen LogP contribution in [-0.4, -0.2) is 13.2 Å². The molecule has 4 heteroatoms. The van der Waals surface area contributed by atoms with E-state index >= 15 is 0 Å². The normalized spacial score (nSPS) is 12.4. The molecule has 2 nitrogen and oxygen atoms in total. The molecule has 0 N–H and O–H groups in total. The van der Waals surface area contributed by atoms with Crippen LogP contribution >= 0.6 is 11.6 Å². The van der Waals surface area contributed by atoms with Gasteiger partial charge in [-0.05, 0) is 25.4 Å². The highest BCUT2D eigenvalue weighted by Crippen LogP contribution is 2.12. The van der Waals surface area contributed by atoms with Crippen molar-refractivity contribution in [1.29, 1.82) is 0 Å². The lowest BCUT2D eigenvalue weighted by Gasteiger charge is -2.02. The van der Waals surface area contributed by atoms with Crippen LogP contribution in [0.3, 0.4) is 0 Å². The van der Waals surface area contributed by atoms with E-state index in [1.165, 1.54) is 0 Å². The van der Waals surface area contributed by atoms with Gasteiger partial charge < -0.3 is 9.47 Å². The summed E-state index contributed by atoms with van der Waals surface area (Å²) < 4.78 is 21.4. The Morgan fingerprint density at radius 2 is 1.80 bits per heavy atom. The highest BCUT2D eigenvalue weighted by molar-refractivity contribution is 6.28. The molecule has 0 aliphatic carbocycles. The molecule has 0 saturated carbocycles. The van der Waals surface area contributed by atoms with Crippen molar-refractivity contribution in [2.75, 3.05) is 13.2 Å². The third kappa shape index (κ3) is 3.56. The largest absolute Gasteiger partial charge is 0.479 e. The van der Waals surface area contributed by atoms with Crippen molar-refractivity contribution in [3.63, 3.8) is 0 Å². The highest BCUT2D eigenvalue weighted by atomic mass is 35.5. The minimum absolute atomic E-state index is 0.245. The molecule has 0 heterocycles. The molecule has 60 valence electrons. The van der Waals surface area contributed by atoms with Gasteiger partial charge >= 0.3 is 6.01 Å². The van der Waals surface area contributed by atoms with E-state index in [1.54, 1.807) is 13.8 Å². The molecule has 0 unspecified atom stereocenters. The average Bonchev–Trinajstić information content (AvgIpc) is 1.89. The van der Waals surface area contributed by atoms with Crippen LogP contribution in [0.5, 0.6) is 0 Å². The Bertz CT molecular complexity index is 111. The average molecular weight is 169 g/mol. The first-order valence-corrected chi connectivity index (χ1v) is 3.41. The van der Waals surface area contributed by atoms with Gasteiger partial charge in [0.05, 0.1) is 13.2 Å². The smallest absolute Gasteiger partial charge is 0.328 e. The fraction of sp³-hybridized carbons (Fsp3) is 0.667. The molecule has 0 aliphatic rings. The van der Waals surface area contributed by atoms with Gasteiger partial charge in [-0.1, -0.05) is 0 Å². The number of halogens is 2. The van der Waals surface area contributed by atoms with E-state index in [2.05, 4.69) is 9.47 Å². The van der Waals surface area contributed by atoms with Crippen molar-refractivity contribution < 1.29 is 13.9 Å². The summed E-state index contributed by atoms with van der Waals surface area (Å²) >= 11 is 5.27. The lowest BCUT2D eigenvalue weighted by molar-refractivity contribution is 0.125. The molecule has 0 aromatic carbocycles. The molecule has 0 radical (unpaired) electrons. The zero-order valence-electron chi connectivity index (χ0n) is 5.99. The maximum atomic E-state index is 12.4. The van der Waals surface area contributed by atoms with Crippen LogP contribution in [0.15, 0.2) is 11.2 Å². The third-order valence-electron chi connectivity index (χ3n) is 0.697. The third-order valence-corrected chi connectivity index (χ3v) is 0.954. The summed E-state index contributed by atoms with van der Waals surface area (Å²) in [5.74, 6) is 0. The summed E-state index contributed by atoms with van der Waals surface area (Å²) in [4.78, 5) is 0. The molecule has 0 bridgehead atoms. The Balaban J connectivity index is 3.79. The Hall–Kier alpha value is -0.440. The highest BCUT2D eigenvalue weighted by Gasteiger charge is 2.03. The molecule has 0 aromatic heterocycles. The minimum Gasteiger partial charge on any atom is -0.479 e. The summed E-state index contributed by atoms with van der Waals surface area (Å²) in [6, 6.07) is -0.856. The van der Waals surface area contributed by atoms with Crippen LogP contribution in [0.25, 0.3) is 0 Å². The van der Waals surface area contributed by atoms with Crippen LogP contribution in [0.4, 0.5) is 4.39 Å². The molecule has 0 aromatic rings. The molecule has 0 fully saturated rings. The number of rotatable bonds is 4. The summed E-state index contributed by atoms with van der Waals surface area (Å²) in [5.41, 5.74) is 0. The van der Waals surface area contributed by atoms with E-state index in [0.29, 0.717) is 6.61 Å². The van der Waals surface area contributed by atoms with Gasteiger partial charge in [-0.3, -0.25) is 0 Å². The van der Waals surface area contributed by atoms with Gasteiger partial charge in [-0.25, -0.2) is 0 Å². The standard InChI is InChI=1S/C6H10ClFO2/c1-3-9-5(7)6(8)10-4-2/h3-4H2,1-2H3/b6-5-. The van der Waals surface area contributed by atoms with Gasteiger partial charge in [0, 0.05) is 0 Å². The van der Waals surface area contributed by atoms with Crippen LogP contribution in [0.2, 0.25) is 0 Å². The number of ether oxygens (including phenoxy) is 2. The van der Waals surface area contributed by atoms with Gasteiger partial charge in [-0.15, -0.1) is 0 Å². The Morgan fingerprint density at radius 1 is 1.30 bits per heavy atom. The molecule has 0 atom stereocenters. The topological polar surface area (TPSA) is 18.5 Å². The fourth-order valence-electron chi connectivity index (χ4n) is 0.367. The van der Waals surface area contributed by atoms with Crippen molar-refractivity contribution in [2.45, 2.75) is 13.8 Å².